The Bertz CT molecular complexity index is 1340. The summed E-state index contributed by atoms with van der Waals surface area (Å²) in [5, 5.41) is 1.86. The van der Waals surface area contributed by atoms with Crippen molar-refractivity contribution in [2.24, 2.45) is 0 Å². The van der Waals surface area contributed by atoms with E-state index in [1.165, 1.54) is 0 Å². The topological polar surface area (TPSA) is 57.5 Å². The van der Waals surface area contributed by atoms with Crippen molar-refractivity contribution in [3.05, 3.63) is 72.0 Å². The predicted molar refractivity (Wildman–Crippen MR) is 139 cm³/mol. The fourth-order valence-corrected chi connectivity index (χ4v) is 3.85. The molecule has 0 saturated heterocycles. The Hall–Kier alpha value is -4.19. The highest BCUT2D eigenvalue weighted by atomic mass is 16.5. The lowest BCUT2D eigenvalue weighted by molar-refractivity contribution is 0.340. The van der Waals surface area contributed by atoms with E-state index in [2.05, 4.69) is 0 Å². The van der Waals surface area contributed by atoms with Crippen LogP contribution in [0.1, 0.15) is 18.2 Å². The van der Waals surface area contributed by atoms with Gasteiger partial charge in [-0.05, 0) is 61.0 Å². The van der Waals surface area contributed by atoms with Gasteiger partial charge in [-0.1, -0.05) is 6.07 Å². The average molecular weight is 474 g/mol. The van der Waals surface area contributed by atoms with Crippen LogP contribution in [0.5, 0.6) is 28.7 Å². The van der Waals surface area contributed by atoms with Gasteiger partial charge in [-0.3, -0.25) is 0 Å². The summed E-state index contributed by atoms with van der Waals surface area (Å²) >= 11 is 0. The number of hydrogen-bond donors (Lipinski definition) is 0. The van der Waals surface area contributed by atoms with E-state index in [1.807, 2.05) is 79.7 Å². The molecule has 3 aromatic carbocycles. The molecule has 0 atom stereocenters. The maximum atomic E-state index is 6.39. The zero-order valence-corrected chi connectivity index (χ0v) is 20.6. The number of ether oxygens (including phenoxy) is 5. The first-order valence-electron chi connectivity index (χ1n) is 11.3. The van der Waals surface area contributed by atoms with Crippen molar-refractivity contribution in [1.29, 1.82) is 0 Å². The van der Waals surface area contributed by atoms with Crippen LogP contribution in [0, 0.1) is 0 Å². The first-order chi connectivity index (χ1) is 17.1. The van der Waals surface area contributed by atoms with Gasteiger partial charge in [0, 0.05) is 17.5 Å². The molecule has 6 heteroatoms. The molecule has 0 saturated carbocycles. The Balaban J connectivity index is 1.84. The van der Waals surface area contributed by atoms with Crippen molar-refractivity contribution >= 4 is 22.9 Å². The third kappa shape index (κ3) is 5.17. The standard InChI is InChI=1S/C29H29O6/c1-6-34-22-11-9-20(10-12-22)26-16-21-17-28(32-4)29(33-5)18-23(21)24(35-26)13-7-19-8-14-25(30-2)27(15-19)31-3/h7-18H,6H2,1-5H3/q+1/b13-7+. The van der Waals surface area contributed by atoms with Crippen molar-refractivity contribution < 1.29 is 28.1 Å². The maximum Gasteiger partial charge on any atom is 0.361 e. The summed E-state index contributed by atoms with van der Waals surface area (Å²) in [6.45, 7) is 2.58. The summed E-state index contributed by atoms with van der Waals surface area (Å²) in [4.78, 5) is 0. The van der Waals surface area contributed by atoms with Crippen molar-refractivity contribution in [2.45, 2.75) is 6.92 Å². The molecular formula is C29H29O6+. The first-order valence-corrected chi connectivity index (χ1v) is 11.3. The Morgan fingerprint density at radius 2 is 1.34 bits per heavy atom. The van der Waals surface area contributed by atoms with E-state index in [9.17, 15) is 0 Å². The molecule has 0 spiro atoms. The Morgan fingerprint density at radius 1 is 0.686 bits per heavy atom. The van der Waals surface area contributed by atoms with Gasteiger partial charge >= 0.3 is 11.5 Å². The largest absolute Gasteiger partial charge is 0.494 e. The number of benzene rings is 3. The van der Waals surface area contributed by atoms with E-state index in [4.69, 9.17) is 28.1 Å². The van der Waals surface area contributed by atoms with Crippen LogP contribution in [0.2, 0.25) is 0 Å². The van der Waals surface area contributed by atoms with E-state index in [-0.39, 0.29) is 0 Å². The summed E-state index contributed by atoms with van der Waals surface area (Å²) in [5.41, 5.74) is 1.88. The van der Waals surface area contributed by atoms with E-state index in [1.54, 1.807) is 28.4 Å². The van der Waals surface area contributed by atoms with Crippen LogP contribution in [-0.4, -0.2) is 35.0 Å². The molecule has 0 radical (unpaired) electrons. The number of fused-ring (bicyclic) bond motifs is 1. The molecule has 0 aliphatic heterocycles. The van der Waals surface area contributed by atoms with E-state index in [0.717, 1.165) is 33.4 Å². The number of hydrogen-bond acceptors (Lipinski definition) is 5. The molecule has 4 rings (SSSR count). The smallest absolute Gasteiger partial charge is 0.361 e. The number of rotatable bonds is 9. The van der Waals surface area contributed by atoms with Crippen LogP contribution in [0.25, 0.3) is 34.2 Å². The second kappa shape index (κ2) is 10.8. The molecule has 0 fully saturated rings. The lowest BCUT2D eigenvalue weighted by atomic mass is 10.0. The van der Waals surface area contributed by atoms with E-state index >= 15 is 0 Å². The monoisotopic (exact) mass is 473 g/mol. The van der Waals surface area contributed by atoms with Gasteiger partial charge in [-0.2, -0.15) is 0 Å². The van der Waals surface area contributed by atoms with Crippen LogP contribution < -0.4 is 23.7 Å². The minimum atomic E-state index is 0.617. The average Bonchev–Trinajstić information content (AvgIpc) is 2.91. The normalized spacial score (nSPS) is 11.0. The van der Waals surface area contributed by atoms with Crippen molar-refractivity contribution in [3.63, 3.8) is 0 Å². The van der Waals surface area contributed by atoms with E-state index < -0.39 is 0 Å². The zero-order chi connectivity index (χ0) is 24.8. The van der Waals surface area contributed by atoms with Crippen molar-refractivity contribution in [2.75, 3.05) is 35.0 Å². The summed E-state index contributed by atoms with van der Waals surface area (Å²) < 4.78 is 33.8. The number of methoxy groups -OCH3 is 4. The molecule has 1 heterocycles. The Kier molecular flexibility index (Phi) is 7.41. The third-order valence-corrected chi connectivity index (χ3v) is 5.61. The SMILES string of the molecule is CCOc1ccc(-c2cc3cc(OC)c(OC)cc3c(/C=C/c3ccc(OC)c(OC)c3)[o+]2)cc1. The molecule has 35 heavy (non-hydrogen) atoms. The molecule has 6 nitrogen and oxygen atoms in total. The molecule has 0 aliphatic carbocycles. The molecule has 0 N–H and O–H groups in total. The third-order valence-electron chi connectivity index (χ3n) is 5.61. The summed E-state index contributed by atoms with van der Waals surface area (Å²) in [7, 11) is 6.48. The quantitative estimate of drug-likeness (QED) is 0.244. The van der Waals surface area contributed by atoms with E-state index in [0.29, 0.717) is 35.4 Å². The minimum absolute atomic E-state index is 0.617. The van der Waals surface area contributed by atoms with Gasteiger partial charge in [-0.25, -0.2) is 4.42 Å². The zero-order valence-electron chi connectivity index (χ0n) is 20.6. The van der Waals surface area contributed by atoms with Gasteiger partial charge in [0.25, 0.3) is 0 Å². The Morgan fingerprint density at radius 3 is 2.00 bits per heavy atom. The fraction of sp³-hybridized carbons (Fsp3) is 0.207. The van der Waals surface area contributed by atoms with Gasteiger partial charge in [0.05, 0.1) is 52.1 Å². The molecule has 0 aliphatic rings. The van der Waals surface area contributed by atoms with Crippen LogP contribution in [0.4, 0.5) is 0 Å². The Labute approximate surface area is 205 Å². The van der Waals surface area contributed by atoms with Crippen LogP contribution in [-0.2, 0) is 0 Å². The van der Waals surface area contributed by atoms with Crippen LogP contribution in [0.3, 0.4) is 0 Å². The summed E-state index contributed by atoms with van der Waals surface area (Å²) in [5.74, 6) is 4.84. The first kappa shape index (κ1) is 24.0. The molecule has 0 bridgehead atoms. The highest BCUT2D eigenvalue weighted by Gasteiger charge is 2.21. The molecule has 1 aromatic heterocycles. The fourth-order valence-electron chi connectivity index (χ4n) is 3.85. The van der Waals surface area contributed by atoms with Gasteiger partial charge < -0.3 is 23.7 Å². The lowest BCUT2D eigenvalue weighted by Gasteiger charge is -2.09. The van der Waals surface area contributed by atoms with Gasteiger partial charge in [0.2, 0.25) is 0 Å². The lowest BCUT2D eigenvalue weighted by Crippen LogP contribution is -1.93. The molecule has 4 aromatic rings. The van der Waals surface area contributed by atoms with Crippen molar-refractivity contribution in [1.82, 2.24) is 0 Å². The van der Waals surface area contributed by atoms with Gasteiger partial charge in [-0.15, -0.1) is 0 Å². The second-order valence-electron chi connectivity index (χ2n) is 7.67. The molecule has 0 unspecified atom stereocenters. The minimum Gasteiger partial charge on any atom is -0.494 e. The molecular weight excluding hydrogens is 444 g/mol. The van der Waals surface area contributed by atoms with Gasteiger partial charge in [0.15, 0.2) is 23.0 Å². The summed E-state index contributed by atoms with van der Waals surface area (Å²) in [6.07, 6.45) is 3.91. The van der Waals surface area contributed by atoms with Gasteiger partial charge in [0.1, 0.15) is 5.75 Å². The van der Waals surface area contributed by atoms with Crippen LogP contribution >= 0.6 is 0 Å². The maximum absolute atomic E-state index is 6.39. The summed E-state index contributed by atoms with van der Waals surface area (Å²) in [6, 6.07) is 19.5. The molecule has 0 amide bonds. The van der Waals surface area contributed by atoms with Crippen molar-refractivity contribution in [3.8, 4) is 40.1 Å². The second-order valence-corrected chi connectivity index (χ2v) is 7.67. The highest BCUT2D eigenvalue weighted by Crippen LogP contribution is 2.37. The molecule has 180 valence electrons. The predicted octanol–water partition coefficient (Wildman–Crippen LogP) is 6.98. The highest BCUT2D eigenvalue weighted by molar-refractivity contribution is 5.94. The van der Waals surface area contributed by atoms with Crippen LogP contribution in [0.15, 0.2) is 65.1 Å².